The summed E-state index contributed by atoms with van der Waals surface area (Å²) in [6.45, 7) is 3.31. The van der Waals surface area contributed by atoms with Crippen molar-refractivity contribution in [2.45, 2.75) is 24.9 Å². The molecule has 2 aromatic rings. The number of rotatable bonds is 4. The first-order valence-electron chi connectivity index (χ1n) is 7.42. The van der Waals surface area contributed by atoms with Gasteiger partial charge in [0.15, 0.2) is 0 Å². The number of hydrogen-bond acceptors (Lipinski definition) is 3. The van der Waals surface area contributed by atoms with Gasteiger partial charge in [0, 0.05) is 12.1 Å². The van der Waals surface area contributed by atoms with E-state index in [1.165, 1.54) is 10.7 Å². The molecule has 0 bridgehead atoms. The Balaban J connectivity index is 1.78. The number of anilines is 2. The zero-order valence-electron chi connectivity index (χ0n) is 12.2. The molecule has 2 unspecified atom stereocenters. The van der Waals surface area contributed by atoms with Gasteiger partial charge in [0.05, 0.1) is 17.7 Å². The number of quaternary nitrogens is 1. The monoisotopic (exact) mass is 299 g/mol. The molecule has 0 amide bonds. The van der Waals surface area contributed by atoms with Crippen molar-refractivity contribution in [2.24, 2.45) is 0 Å². The minimum atomic E-state index is -0.0786. The number of benzene rings is 2. The van der Waals surface area contributed by atoms with Crippen LogP contribution in [0.3, 0.4) is 0 Å². The van der Waals surface area contributed by atoms with Crippen molar-refractivity contribution in [3.8, 4) is 0 Å². The summed E-state index contributed by atoms with van der Waals surface area (Å²) in [7, 11) is 0. The Morgan fingerprint density at radius 3 is 2.38 bits per heavy atom. The highest BCUT2D eigenvalue weighted by Crippen LogP contribution is 2.14. The van der Waals surface area contributed by atoms with E-state index in [1.807, 2.05) is 18.2 Å². The maximum Gasteiger partial charge on any atom is 0.109 e. The summed E-state index contributed by atoms with van der Waals surface area (Å²) >= 11 is 5.74. The Kier molecular flexibility index (Phi) is 4.36. The Labute approximate surface area is 132 Å². The number of nitrogens with zero attached hydrogens (tertiary/aromatic N) is 1. The first kappa shape index (κ1) is 14.3. The van der Waals surface area contributed by atoms with Gasteiger partial charge in [-0.1, -0.05) is 36.4 Å². The van der Waals surface area contributed by atoms with Gasteiger partial charge in [0.2, 0.25) is 0 Å². The van der Waals surface area contributed by atoms with Crippen LogP contribution >= 0.6 is 0 Å². The van der Waals surface area contributed by atoms with Crippen LogP contribution in [0.1, 0.15) is 13.3 Å². The van der Waals surface area contributed by atoms with Gasteiger partial charge in [-0.05, 0) is 31.2 Å². The normalized spacial score (nSPS) is 23.0. The summed E-state index contributed by atoms with van der Waals surface area (Å²) in [5.74, 6) is 0. The molecule has 3 rings (SSSR count). The molecule has 3 atom stereocenters. The lowest BCUT2D eigenvalue weighted by molar-refractivity contribution is -0.925. The van der Waals surface area contributed by atoms with Gasteiger partial charge in [-0.2, -0.15) is 0 Å². The zero-order chi connectivity index (χ0) is 14.7. The Morgan fingerprint density at radius 2 is 1.71 bits per heavy atom. The minimum absolute atomic E-state index is 0.0786. The van der Waals surface area contributed by atoms with Crippen molar-refractivity contribution >= 4 is 24.0 Å². The second-order valence-corrected chi connectivity index (χ2v) is 5.96. The van der Waals surface area contributed by atoms with Gasteiger partial charge < -0.3 is 17.9 Å². The number of para-hydroxylation sites is 2. The summed E-state index contributed by atoms with van der Waals surface area (Å²) in [5, 5.41) is 7.13. The molecule has 0 aliphatic carbocycles. The van der Waals surface area contributed by atoms with E-state index in [1.54, 1.807) is 0 Å². The second-order valence-electron chi connectivity index (χ2n) is 5.49. The van der Waals surface area contributed by atoms with Crippen molar-refractivity contribution < 1.29 is 5.01 Å². The van der Waals surface area contributed by atoms with Gasteiger partial charge in [-0.3, -0.25) is 0 Å². The summed E-state index contributed by atoms with van der Waals surface area (Å²) in [5.41, 5.74) is 2.24. The molecule has 1 aliphatic heterocycles. The molecule has 0 radical (unpaired) electrons. The maximum atomic E-state index is 5.74. The molecule has 3 nitrogen and oxygen atoms in total. The van der Waals surface area contributed by atoms with Crippen LogP contribution in [0, 0.1) is 0 Å². The highest BCUT2D eigenvalue weighted by molar-refractivity contribution is 7.59. The van der Waals surface area contributed by atoms with Crippen molar-refractivity contribution in [1.29, 1.82) is 0 Å². The molecule has 0 saturated carbocycles. The van der Waals surface area contributed by atoms with E-state index in [-0.39, 0.29) is 5.50 Å². The lowest BCUT2D eigenvalue weighted by Crippen LogP contribution is -3.23. The third kappa shape index (κ3) is 3.17. The lowest BCUT2D eigenvalue weighted by Gasteiger charge is -2.39. The molecule has 110 valence electrons. The first-order chi connectivity index (χ1) is 10.3. The molecule has 0 aromatic heterocycles. The molecular weight excluding hydrogens is 278 g/mol. The molecule has 1 fully saturated rings. The predicted octanol–water partition coefficient (Wildman–Crippen LogP) is 2.03. The molecule has 1 heterocycles. The average Bonchev–Trinajstić information content (AvgIpc) is 2.91. The third-order valence-electron chi connectivity index (χ3n) is 4.01. The average molecular weight is 299 g/mol. The van der Waals surface area contributed by atoms with Crippen molar-refractivity contribution in [3.05, 3.63) is 60.7 Å². The molecular formula is C17H21N3S. The standard InChI is InChI=1S/C17H21N3S/c1-14-12-13-19(16-10-6-3-7-11-16)20(14)17(21)18-15-8-4-2-5-9-15/h2-11,14,17-18,21H,12-13H2,1H3/t14-,17?/m0/s1. The van der Waals surface area contributed by atoms with Crippen molar-refractivity contribution in [2.75, 3.05) is 16.9 Å². The van der Waals surface area contributed by atoms with E-state index < -0.39 is 0 Å². The van der Waals surface area contributed by atoms with Gasteiger partial charge in [-0.15, -0.1) is 0 Å². The smallest absolute Gasteiger partial charge is 0.109 e. The van der Waals surface area contributed by atoms with Gasteiger partial charge >= 0.3 is 0 Å². The topological polar surface area (TPSA) is 19.7 Å². The van der Waals surface area contributed by atoms with Crippen molar-refractivity contribution in [3.63, 3.8) is 0 Å². The van der Waals surface area contributed by atoms with Crippen LogP contribution in [0.2, 0.25) is 0 Å². The maximum absolute atomic E-state index is 5.74. The van der Waals surface area contributed by atoms with E-state index in [9.17, 15) is 0 Å². The van der Waals surface area contributed by atoms with Crippen LogP contribution in [0.25, 0.3) is 0 Å². The fraction of sp³-hybridized carbons (Fsp3) is 0.294. The lowest BCUT2D eigenvalue weighted by atomic mass is 10.2. The number of nitrogens with one attached hydrogen (secondary N) is 2. The van der Waals surface area contributed by atoms with E-state index in [4.69, 9.17) is 12.6 Å². The fourth-order valence-electron chi connectivity index (χ4n) is 2.91. The van der Waals surface area contributed by atoms with Crippen LogP contribution in [0.4, 0.5) is 11.4 Å². The van der Waals surface area contributed by atoms with Crippen LogP contribution < -0.4 is 15.3 Å². The molecule has 2 N–H and O–H groups in total. The zero-order valence-corrected chi connectivity index (χ0v) is 13.0. The second kappa shape index (κ2) is 6.41. The minimum Gasteiger partial charge on any atom is -0.702 e. The van der Waals surface area contributed by atoms with E-state index >= 15 is 0 Å². The van der Waals surface area contributed by atoms with Crippen molar-refractivity contribution in [1.82, 2.24) is 0 Å². The van der Waals surface area contributed by atoms with Crippen LogP contribution in [-0.4, -0.2) is 18.1 Å². The quantitative estimate of drug-likeness (QED) is 0.843. The van der Waals surface area contributed by atoms with Crippen LogP contribution in [0.5, 0.6) is 0 Å². The van der Waals surface area contributed by atoms with E-state index in [2.05, 4.69) is 59.7 Å². The molecule has 4 heteroatoms. The largest absolute Gasteiger partial charge is 0.702 e. The molecule has 21 heavy (non-hydrogen) atoms. The summed E-state index contributed by atoms with van der Waals surface area (Å²) in [6, 6.07) is 21.2. The Morgan fingerprint density at radius 1 is 1.10 bits per heavy atom. The van der Waals surface area contributed by atoms with Crippen LogP contribution in [-0.2, 0) is 12.6 Å². The summed E-state index contributed by atoms with van der Waals surface area (Å²) in [4.78, 5) is 0. The van der Waals surface area contributed by atoms with Gasteiger partial charge in [-0.25, -0.2) is 10.0 Å². The molecule has 1 aliphatic rings. The van der Waals surface area contributed by atoms with Gasteiger partial charge in [0.25, 0.3) is 0 Å². The Hall–Kier alpha value is -1.65. The van der Waals surface area contributed by atoms with E-state index in [0.717, 1.165) is 18.7 Å². The van der Waals surface area contributed by atoms with E-state index in [0.29, 0.717) is 6.04 Å². The SMILES string of the molecule is C[C@H]1CCN(c2ccccc2)[NH+]1C([S-])Nc1ccccc1. The number of hydrogen-bond donors (Lipinski definition) is 2. The Bertz CT molecular complexity index is 561. The summed E-state index contributed by atoms with van der Waals surface area (Å²) < 4.78 is 0. The molecule has 2 aromatic carbocycles. The highest BCUT2D eigenvalue weighted by atomic mass is 32.1. The highest BCUT2D eigenvalue weighted by Gasteiger charge is 2.34. The third-order valence-corrected chi connectivity index (χ3v) is 4.37. The molecule has 0 spiro atoms. The summed E-state index contributed by atoms with van der Waals surface area (Å²) in [6.07, 6.45) is 1.16. The van der Waals surface area contributed by atoms with Crippen LogP contribution in [0.15, 0.2) is 60.7 Å². The molecule has 1 saturated heterocycles. The fourth-order valence-corrected chi connectivity index (χ4v) is 3.41. The van der Waals surface area contributed by atoms with Gasteiger partial charge in [0.1, 0.15) is 6.04 Å². The first-order valence-corrected chi connectivity index (χ1v) is 7.89. The predicted molar refractivity (Wildman–Crippen MR) is 90.0 cm³/mol.